The molecule has 3 aliphatic rings. The van der Waals surface area contributed by atoms with Gasteiger partial charge in [0.25, 0.3) is 0 Å². The Hall–Kier alpha value is -1.89. The number of aromatic nitrogens is 1. The number of pyridine rings is 1. The summed E-state index contributed by atoms with van der Waals surface area (Å²) in [6.45, 7) is 0.944. The molecule has 4 rings (SSSR count). The molecular formula is C16H20ClFN4O2. The van der Waals surface area contributed by atoms with E-state index < -0.39 is 5.82 Å². The first-order chi connectivity index (χ1) is 11.4. The van der Waals surface area contributed by atoms with Gasteiger partial charge in [0.15, 0.2) is 11.6 Å². The van der Waals surface area contributed by atoms with Gasteiger partial charge in [0.05, 0.1) is 10.9 Å². The number of nitrogens with zero attached hydrogens (tertiary/aromatic N) is 4. The quantitative estimate of drug-likeness (QED) is 0.823. The minimum atomic E-state index is -0.493. The van der Waals surface area contributed by atoms with Crippen LogP contribution in [0.5, 0.6) is 0 Å². The average Bonchev–Trinajstić information content (AvgIpc) is 2.80. The van der Waals surface area contributed by atoms with E-state index in [1.807, 2.05) is 0 Å². The molecule has 0 N–H and O–H groups in total. The van der Waals surface area contributed by atoms with E-state index >= 15 is 0 Å². The molecule has 3 fully saturated rings. The molecule has 2 amide bonds. The summed E-state index contributed by atoms with van der Waals surface area (Å²) in [4.78, 5) is 33.7. The largest absolute Gasteiger partial charge is 0.351 e. The van der Waals surface area contributed by atoms with Crippen LogP contribution in [-0.2, 0) is 9.59 Å². The molecule has 1 aromatic rings. The van der Waals surface area contributed by atoms with E-state index in [4.69, 9.17) is 11.6 Å². The Bertz CT molecular complexity index is 669. The lowest BCUT2D eigenvalue weighted by Gasteiger charge is -2.35. The second-order valence-electron chi connectivity index (χ2n) is 6.55. The number of anilines is 1. The van der Waals surface area contributed by atoms with Gasteiger partial charge in [0.2, 0.25) is 11.8 Å². The lowest BCUT2D eigenvalue weighted by atomic mass is 9.94. The van der Waals surface area contributed by atoms with Crippen LogP contribution in [0, 0.1) is 11.7 Å². The normalized spacial score (nSPS) is 23.4. The van der Waals surface area contributed by atoms with Gasteiger partial charge in [0.1, 0.15) is 6.54 Å². The van der Waals surface area contributed by atoms with Crippen LogP contribution in [0.4, 0.5) is 10.2 Å². The van der Waals surface area contributed by atoms with Crippen LogP contribution in [0.1, 0.15) is 12.8 Å². The maximum absolute atomic E-state index is 14.2. The third-order valence-corrected chi connectivity index (χ3v) is 4.89. The SMILES string of the molecule is CN(C)C(=O)CN1C(=O)[C@@H]2CC[C@H]1CN(c1ncc(Cl)cc1F)C2. The summed E-state index contributed by atoms with van der Waals surface area (Å²) in [6.07, 6.45) is 2.96. The third-order valence-electron chi connectivity index (χ3n) is 4.69. The Balaban J connectivity index is 1.84. The molecular weight excluding hydrogens is 335 g/mol. The first-order valence-electron chi connectivity index (χ1n) is 7.93. The number of carbonyl (C=O) groups excluding carboxylic acids is 2. The Morgan fingerprint density at radius 1 is 1.42 bits per heavy atom. The van der Waals surface area contributed by atoms with Gasteiger partial charge in [-0.25, -0.2) is 9.37 Å². The van der Waals surface area contributed by atoms with Crippen LogP contribution in [0.2, 0.25) is 5.02 Å². The zero-order chi connectivity index (χ0) is 17.4. The molecule has 8 heteroatoms. The van der Waals surface area contributed by atoms with Gasteiger partial charge in [-0.05, 0) is 18.9 Å². The molecule has 2 bridgehead atoms. The molecule has 4 heterocycles. The predicted octanol–water partition coefficient (Wildman–Crippen LogP) is 1.39. The van der Waals surface area contributed by atoms with E-state index in [9.17, 15) is 14.0 Å². The summed E-state index contributed by atoms with van der Waals surface area (Å²) >= 11 is 5.77. The van der Waals surface area contributed by atoms with Gasteiger partial charge < -0.3 is 14.7 Å². The highest BCUT2D eigenvalue weighted by Crippen LogP contribution is 2.32. The van der Waals surface area contributed by atoms with E-state index in [0.29, 0.717) is 13.1 Å². The number of hydrogen-bond donors (Lipinski definition) is 0. The predicted molar refractivity (Wildman–Crippen MR) is 88.3 cm³/mol. The highest BCUT2D eigenvalue weighted by molar-refractivity contribution is 6.30. The second kappa shape index (κ2) is 6.55. The van der Waals surface area contributed by atoms with Crippen molar-refractivity contribution in [3.63, 3.8) is 0 Å². The number of piperidine rings is 1. The minimum absolute atomic E-state index is 0.0293. The molecule has 0 unspecified atom stereocenters. The maximum Gasteiger partial charge on any atom is 0.241 e. The number of fused-ring (bicyclic) bond motifs is 4. The summed E-state index contributed by atoms with van der Waals surface area (Å²) in [5, 5.41) is 0.239. The van der Waals surface area contributed by atoms with Crippen LogP contribution in [0.15, 0.2) is 12.3 Å². The molecule has 6 nitrogen and oxygen atoms in total. The Morgan fingerprint density at radius 2 is 2.17 bits per heavy atom. The van der Waals surface area contributed by atoms with Crippen molar-refractivity contribution in [3.8, 4) is 0 Å². The first kappa shape index (κ1) is 17.0. The Morgan fingerprint density at radius 3 is 2.83 bits per heavy atom. The van der Waals surface area contributed by atoms with Crippen molar-refractivity contribution in [2.24, 2.45) is 5.92 Å². The number of halogens is 2. The van der Waals surface area contributed by atoms with Gasteiger partial charge in [-0.2, -0.15) is 0 Å². The fourth-order valence-electron chi connectivity index (χ4n) is 3.35. The number of rotatable bonds is 3. The minimum Gasteiger partial charge on any atom is -0.351 e. The molecule has 0 radical (unpaired) electrons. The fraction of sp³-hybridized carbons (Fsp3) is 0.562. The number of hydrogen-bond acceptors (Lipinski definition) is 4. The summed E-state index contributed by atoms with van der Waals surface area (Å²) in [7, 11) is 3.34. The smallest absolute Gasteiger partial charge is 0.241 e. The number of carbonyl (C=O) groups is 2. The lowest BCUT2D eigenvalue weighted by Crippen LogP contribution is -2.51. The maximum atomic E-state index is 14.2. The van der Waals surface area contributed by atoms with Crippen LogP contribution < -0.4 is 4.90 Å². The molecule has 130 valence electrons. The molecule has 3 aliphatic heterocycles. The number of likely N-dealkylation sites (N-methyl/N-ethyl adjacent to an activating group) is 1. The fourth-order valence-corrected chi connectivity index (χ4v) is 3.49. The van der Waals surface area contributed by atoms with Gasteiger partial charge in [-0.15, -0.1) is 0 Å². The molecule has 0 saturated carbocycles. The highest BCUT2D eigenvalue weighted by Gasteiger charge is 2.42. The van der Waals surface area contributed by atoms with Crippen molar-refractivity contribution in [2.45, 2.75) is 18.9 Å². The zero-order valence-electron chi connectivity index (χ0n) is 13.7. The van der Waals surface area contributed by atoms with Gasteiger partial charge in [0, 0.05) is 39.4 Å². The van der Waals surface area contributed by atoms with E-state index in [1.54, 1.807) is 23.9 Å². The molecule has 3 saturated heterocycles. The first-order valence-corrected chi connectivity index (χ1v) is 8.31. The van der Waals surface area contributed by atoms with Gasteiger partial charge in [-0.3, -0.25) is 9.59 Å². The van der Waals surface area contributed by atoms with Crippen LogP contribution in [-0.4, -0.2) is 66.4 Å². The molecule has 2 atom stereocenters. The van der Waals surface area contributed by atoms with E-state index in [0.717, 1.165) is 12.8 Å². The molecule has 0 aliphatic carbocycles. The molecule has 0 aromatic carbocycles. The molecule has 1 aromatic heterocycles. The average molecular weight is 355 g/mol. The van der Waals surface area contributed by atoms with E-state index in [-0.39, 0.29) is 41.2 Å². The second-order valence-corrected chi connectivity index (χ2v) is 6.98. The van der Waals surface area contributed by atoms with Gasteiger partial charge in [-0.1, -0.05) is 11.6 Å². The highest BCUT2D eigenvalue weighted by atomic mass is 35.5. The van der Waals surface area contributed by atoms with Crippen molar-refractivity contribution >= 4 is 29.2 Å². The third kappa shape index (κ3) is 3.17. The monoisotopic (exact) mass is 354 g/mol. The van der Waals surface area contributed by atoms with E-state index in [1.165, 1.54) is 17.2 Å². The Kier molecular flexibility index (Phi) is 4.62. The summed E-state index contributed by atoms with van der Waals surface area (Å²) in [5.41, 5.74) is 0. The van der Waals surface area contributed by atoms with Crippen molar-refractivity contribution < 1.29 is 14.0 Å². The van der Waals surface area contributed by atoms with Crippen LogP contribution in [0.25, 0.3) is 0 Å². The number of amides is 2. The topological polar surface area (TPSA) is 56.8 Å². The van der Waals surface area contributed by atoms with Crippen molar-refractivity contribution in [1.82, 2.24) is 14.8 Å². The molecule has 24 heavy (non-hydrogen) atoms. The van der Waals surface area contributed by atoms with Crippen molar-refractivity contribution in [2.75, 3.05) is 38.6 Å². The lowest BCUT2D eigenvalue weighted by molar-refractivity contribution is -0.145. The van der Waals surface area contributed by atoms with Crippen molar-refractivity contribution in [3.05, 3.63) is 23.1 Å². The van der Waals surface area contributed by atoms with Crippen molar-refractivity contribution in [1.29, 1.82) is 0 Å². The summed E-state index contributed by atoms with van der Waals surface area (Å²) in [5.74, 6) is -0.663. The zero-order valence-corrected chi connectivity index (χ0v) is 14.5. The van der Waals surface area contributed by atoms with Crippen LogP contribution in [0.3, 0.4) is 0 Å². The summed E-state index contributed by atoms with van der Waals surface area (Å²) < 4.78 is 14.2. The van der Waals surface area contributed by atoms with E-state index in [2.05, 4.69) is 4.98 Å². The van der Waals surface area contributed by atoms with Crippen LogP contribution >= 0.6 is 11.6 Å². The van der Waals surface area contributed by atoms with Gasteiger partial charge >= 0.3 is 0 Å². The summed E-state index contributed by atoms with van der Waals surface area (Å²) in [6, 6.07) is 1.11. The standard InChI is InChI=1S/C16H20ClFN4O2/c1-20(2)14(23)9-22-12-4-3-10(16(22)24)7-21(8-12)15-13(18)5-11(17)6-19-15/h5-6,10,12H,3-4,7-9H2,1-2H3/t10-,12+/m1/s1. The molecule has 0 spiro atoms. The Labute approximate surface area is 145 Å².